The Hall–Kier alpha value is -1.98. The van der Waals surface area contributed by atoms with E-state index in [0.29, 0.717) is 6.54 Å². The van der Waals surface area contributed by atoms with Gasteiger partial charge in [-0.05, 0) is 31.9 Å². The molecule has 1 saturated carbocycles. The van der Waals surface area contributed by atoms with Gasteiger partial charge < -0.3 is 20.4 Å². The van der Waals surface area contributed by atoms with Crippen LogP contribution in [0.2, 0.25) is 0 Å². The predicted octanol–water partition coefficient (Wildman–Crippen LogP) is 1.61. The van der Waals surface area contributed by atoms with Gasteiger partial charge >= 0.3 is 6.03 Å². The topological polar surface area (TPSA) is 88.6 Å². The largest absolute Gasteiger partial charge is 0.467 e. The maximum absolute atomic E-state index is 12.5. The van der Waals surface area contributed by atoms with Gasteiger partial charge in [-0.3, -0.25) is 4.79 Å². The third-order valence-electron chi connectivity index (χ3n) is 3.68. The molecule has 1 aliphatic carbocycles. The molecule has 3 N–H and O–H groups in total. The Balaban J connectivity index is 2.08. The number of carbonyl (C=O) groups is 2. The number of nitrogens with zero attached hydrogens (tertiary/aromatic N) is 1. The van der Waals surface area contributed by atoms with Crippen LogP contribution >= 0.6 is 0 Å². The van der Waals surface area contributed by atoms with Crippen molar-refractivity contribution in [2.75, 3.05) is 0 Å². The van der Waals surface area contributed by atoms with Gasteiger partial charge in [0.05, 0.1) is 12.8 Å². The van der Waals surface area contributed by atoms with Gasteiger partial charge in [0.1, 0.15) is 11.8 Å². The lowest BCUT2D eigenvalue weighted by Gasteiger charge is -2.30. The van der Waals surface area contributed by atoms with Crippen molar-refractivity contribution in [1.82, 2.24) is 10.2 Å². The smallest absolute Gasteiger partial charge is 0.312 e. The van der Waals surface area contributed by atoms with Crippen LogP contribution in [0, 0.1) is 0 Å². The lowest BCUT2D eigenvalue weighted by Crippen LogP contribution is -2.50. The van der Waals surface area contributed by atoms with Gasteiger partial charge in [-0.25, -0.2) is 4.79 Å². The zero-order valence-corrected chi connectivity index (χ0v) is 11.7. The van der Waals surface area contributed by atoms with Crippen LogP contribution in [0.4, 0.5) is 4.79 Å². The number of carbonyl (C=O) groups excluding carboxylic acids is 2. The van der Waals surface area contributed by atoms with Crippen LogP contribution in [-0.4, -0.2) is 28.9 Å². The van der Waals surface area contributed by atoms with E-state index < -0.39 is 12.1 Å². The summed E-state index contributed by atoms with van der Waals surface area (Å²) in [7, 11) is 0. The molecule has 0 aromatic carbocycles. The summed E-state index contributed by atoms with van der Waals surface area (Å²) in [6.07, 6.45) is 5.84. The SMILES string of the molecule is CC(NC(N)=O)C(=O)N(Cc1ccco1)C1CCCC1. The first kappa shape index (κ1) is 14.4. The summed E-state index contributed by atoms with van der Waals surface area (Å²) in [6, 6.07) is 2.56. The summed E-state index contributed by atoms with van der Waals surface area (Å²) in [5, 5.41) is 2.44. The maximum Gasteiger partial charge on any atom is 0.312 e. The number of amides is 3. The molecule has 6 heteroatoms. The number of furan rings is 1. The third kappa shape index (κ3) is 3.53. The molecule has 1 aliphatic rings. The summed E-state index contributed by atoms with van der Waals surface area (Å²) in [5.74, 6) is 0.628. The minimum atomic E-state index is -0.685. The van der Waals surface area contributed by atoms with Gasteiger partial charge in [0.2, 0.25) is 5.91 Å². The molecule has 1 atom stereocenters. The quantitative estimate of drug-likeness (QED) is 0.858. The Morgan fingerprint density at radius 3 is 2.75 bits per heavy atom. The molecule has 0 bridgehead atoms. The summed E-state index contributed by atoms with van der Waals surface area (Å²) in [6.45, 7) is 2.08. The number of primary amides is 1. The minimum Gasteiger partial charge on any atom is -0.467 e. The number of nitrogens with two attached hydrogens (primary N) is 1. The number of hydrogen-bond donors (Lipinski definition) is 2. The molecule has 0 radical (unpaired) electrons. The van der Waals surface area contributed by atoms with Gasteiger partial charge in [0.15, 0.2) is 0 Å². The molecule has 2 rings (SSSR count). The molecule has 110 valence electrons. The molecule has 0 aliphatic heterocycles. The fraction of sp³-hybridized carbons (Fsp3) is 0.571. The molecule has 6 nitrogen and oxygen atoms in total. The highest BCUT2D eigenvalue weighted by atomic mass is 16.3. The molecule has 3 amide bonds. The number of rotatable bonds is 5. The van der Waals surface area contributed by atoms with E-state index >= 15 is 0 Å². The monoisotopic (exact) mass is 279 g/mol. The fourth-order valence-electron chi connectivity index (χ4n) is 2.70. The normalized spacial score (nSPS) is 16.9. The number of nitrogens with one attached hydrogen (secondary N) is 1. The van der Waals surface area contributed by atoms with Crippen molar-refractivity contribution in [3.05, 3.63) is 24.2 Å². The Morgan fingerprint density at radius 1 is 1.50 bits per heavy atom. The van der Waals surface area contributed by atoms with Crippen LogP contribution in [0.5, 0.6) is 0 Å². The molecule has 1 fully saturated rings. The second-order valence-corrected chi connectivity index (χ2v) is 5.21. The van der Waals surface area contributed by atoms with Crippen LogP contribution < -0.4 is 11.1 Å². The lowest BCUT2D eigenvalue weighted by atomic mass is 10.1. The molecule has 0 spiro atoms. The standard InChI is InChI=1S/C14H21N3O3/c1-10(16-14(15)19)13(18)17(11-5-2-3-6-11)9-12-7-4-8-20-12/h4,7-8,10-11H,2-3,5-6,9H2,1H3,(H3,15,16,19). The van der Waals surface area contributed by atoms with Gasteiger partial charge in [-0.15, -0.1) is 0 Å². The summed E-state index contributed by atoms with van der Waals surface area (Å²) < 4.78 is 5.33. The second-order valence-electron chi connectivity index (χ2n) is 5.21. The predicted molar refractivity (Wildman–Crippen MR) is 73.7 cm³/mol. The Morgan fingerprint density at radius 2 is 2.20 bits per heavy atom. The summed E-state index contributed by atoms with van der Waals surface area (Å²) >= 11 is 0. The van der Waals surface area contributed by atoms with Crippen LogP contribution in [0.25, 0.3) is 0 Å². The van der Waals surface area contributed by atoms with E-state index in [1.165, 1.54) is 0 Å². The van der Waals surface area contributed by atoms with E-state index in [4.69, 9.17) is 10.2 Å². The lowest BCUT2D eigenvalue weighted by molar-refractivity contribution is -0.136. The Labute approximate surface area is 118 Å². The number of hydrogen-bond acceptors (Lipinski definition) is 3. The van der Waals surface area contributed by atoms with E-state index in [2.05, 4.69) is 5.32 Å². The van der Waals surface area contributed by atoms with Crippen LogP contribution in [0.15, 0.2) is 22.8 Å². The third-order valence-corrected chi connectivity index (χ3v) is 3.68. The summed E-state index contributed by atoms with van der Waals surface area (Å²) in [5.41, 5.74) is 5.08. The number of urea groups is 1. The van der Waals surface area contributed by atoms with E-state index in [1.54, 1.807) is 24.2 Å². The average Bonchev–Trinajstić information content (AvgIpc) is 3.07. The summed E-state index contributed by atoms with van der Waals surface area (Å²) in [4.78, 5) is 25.2. The maximum atomic E-state index is 12.5. The van der Waals surface area contributed by atoms with Gasteiger partial charge in [-0.2, -0.15) is 0 Å². The zero-order chi connectivity index (χ0) is 14.5. The highest BCUT2D eigenvalue weighted by Gasteiger charge is 2.30. The molecule has 1 aromatic rings. The Kier molecular flexibility index (Phi) is 4.65. The fourth-order valence-corrected chi connectivity index (χ4v) is 2.70. The zero-order valence-electron chi connectivity index (χ0n) is 11.7. The average molecular weight is 279 g/mol. The molecular formula is C14H21N3O3. The first-order valence-electron chi connectivity index (χ1n) is 6.96. The van der Waals surface area contributed by atoms with E-state index in [9.17, 15) is 9.59 Å². The first-order valence-corrected chi connectivity index (χ1v) is 6.96. The Bertz CT molecular complexity index is 452. The van der Waals surface area contributed by atoms with Crippen LogP contribution in [-0.2, 0) is 11.3 Å². The molecule has 1 aromatic heterocycles. The van der Waals surface area contributed by atoms with Crippen molar-refractivity contribution < 1.29 is 14.0 Å². The van der Waals surface area contributed by atoms with Crippen molar-refractivity contribution in [3.63, 3.8) is 0 Å². The first-order chi connectivity index (χ1) is 9.58. The van der Waals surface area contributed by atoms with Crippen LogP contribution in [0.1, 0.15) is 38.4 Å². The van der Waals surface area contributed by atoms with Crippen LogP contribution in [0.3, 0.4) is 0 Å². The highest BCUT2D eigenvalue weighted by Crippen LogP contribution is 2.25. The molecule has 20 heavy (non-hydrogen) atoms. The van der Waals surface area contributed by atoms with Crippen molar-refractivity contribution in [2.24, 2.45) is 5.73 Å². The van der Waals surface area contributed by atoms with E-state index in [1.807, 2.05) is 6.07 Å². The van der Waals surface area contributed by atoms with Crippen molar-refractivity contribution in [3.8, 4) is 0 Å². The molecular weight excluding hydrogens is 258 g/mol. The minimum absolute atomic E-state index is 0.118. The van der Waals surface area contributed by atoms with Crippen molar-refractivity contribution >= 4 is 11.9 Å². The van der Waals surface area contributed by atoms with Gasteiger partial charge in [0, 0.05) is 6.04 Å². The van der Waals surface area contributed by atoms with E-state index in [0.717, 1.165) is 31.4 Å². The van der Waals surface area contributed by atoms with Crippen molar-refractivity contribution in [1.29, 1.82) is 0 Å². The second kappa shape index (κ2) is 6.45. The van der Waals surface area contributed by atoms with E-state index in [-0.39, 0.29) is 11.9 Å². The van der Waals surface area contributed by atoms with Gasteiger partial charge in [0.25, 0.3) is 0 Å². The van der Waals surface area contributed by atoms with Crippen molar-refractivity contribution in [2.45, 2.75) is 51.2 Å². The molecule has 0 saturated heterocycles. The molecule has 1 heterocycles. The van der Waals surface area contributed by atoms with Gasteiger partial charge in [-0.1, -0.05) is 12.8 Å². The molecule has 1 unspecified atom stereocenters. The highest BCUT2D eigenvalue weighted by molar-refractivity contribution is 5.86.